The van der Waals surface area contributed by atoms with Gasteiger partial charge in [0.2, 0.25) is 0 Å². The van der Waals surface area contributed by atoms with Crippen LogP contribution in [0.25, 0.3) is 11.3 Å². The summed E-state index contributed by atoms with van der Waals surface area (Å²) in [5.41, 5.74) is 3.35. The Hall–Kier alpha value is -2.89. The third kappa shape index (κ3) is 4.81. The quantitative estimate of drug-likeness (QED) is 0.485. The maximum absolute atomic E-state index is 9.72. The van der Waals surface area contributed by atoms with E-state index in [1.54, 1.807) is 18.3 Å². The molecule has 0 aliphatic heterocycles. The molecule has 3 aromatic rings. The molecule has 1 unspecified atom stereocenters. The normalized spacial score (nSPS) is 14.3. The second-order valence-corrected chi connectivity index (χ2v) is 7.71. The molecular formula is C23H19Cl2N3O2. The SMILES string of the molecule is Oc1c(Cl)cc(-c2cnc(OC(CC3=CCCC=C3)c3ccccc3)nn2)cc1Cl. The third-order valence-electron chi connectivity index (χ3n) is 4.77. The van der Waals surface area contributed by atoms with Gasteiger partial charge in [-0.3, -0.25) is 0 Å². The van der Waals surface area contributed by atoms with Gasteiger partial charge in [-0.1, -0.05) is 76.9 Å². The van der Waals surface area contributed by atoms with Crippen LogP contribution in [0.5, 0.6) is 11.8 Å². The fraction of sp³-hybridized carbons (Fsp3) is 0.174. The molecule has 1 heterocycles. The number of hydrogen-bond donors (Lipinski definition) is 1. The van der Waals surface area contributed by atoms with Gasteiger partial charge in [0.25, 0.3) is 0 Å². The summed E-state index contributed by atoms with van der Waals surface area (Å²) >= 11 is 12.0. The van der Waals surface area contributed by atoms with Crippen molar-refractivity contribution in [2.75, 3.05) is 0 Å². The van der Waals surface area contributed by atoms with Gasteiger partial charge in [-0.15, -0.1) is 5.10 Å². The largest absolute Gasteiger partial charge is 0.505 e. The second-order valence-electron chi connectivity index (χ2n) is 6.89. The molecule has 1 aromatic heterocycles. The Balaban J connectivity index is 1.56. The summed E-state index contributed by atoms with van der Waals surface area (Å²) in [4.78, 5) is 4.31. The Morgan fingerprint density at radius 1 is 1.03 bits per heavy atom. The minimum absolute atomic E-state index is 0.137. The second kappa shape index (κ2) is 9.28. The summed E-state index contributed by atoms with van der Waals surface area (Å²) in [6.45, 7) is 0. The predicted octanol–water partition coefficient (Wildman–Crippen LogP) is 6.34. The fourth-order valence-electron chi connectivity index (χ4n) is 3.22. The van der Waals surface area contributed by atoms with Crippen LogP contribution < -0.4 is 4.74 Å². The van der Waals surface area contributed by atoms with Gasteiger partial charge in [0.15, 0.2) is 5.75 Å². The van der Waals surface area contributed by atoms with E-state index in [-0.39, 0.29) is 27.9 Å². The molecule has 0 spiro atoms. The highest BCUT2D eigenvalue weighted by atomic mass is 35.5. The molecular weight excluding hydrogens is 421 g/mol. The lowest BCUT2D eigenvalue weighted by Gasteiger charge is -2.19. The van der Waals surface area contributed by atoms with E-state index in [9.17, 15) is 5.11 Å². The number of ether oxygens (including phenoxy) is 1. The maximum atomic E-state index is 9.72. The molecule has 2 aromatic carbocycles. The van der Waals surface area contributed by atoms with Gasteiger partial charge in [0.05, 0.1) is 16.2 Å². The molecule has 0 fully saturated rings. The van der Waals surface area contributed by atoms with Crippen molar-refractivity contribution in [1.82, 2.24) is 15.2 Å². The van der Waals surface area contributed by atoms with E-state index in [4.69, 9.17) is 27.9 Å². The van der Waals surface area contributed by atoms with E-state index in [0.29, 0.717) is 11.3 Å². The molecule has 0 radical (unpaired) electrons. The van der Waals surface area contributed by atoms with Crippen molar-refractivity contribution in [3.05, 3.63) is 88.1 Å². The van der Waals surface area contributed by atoms with Gasteiger partial charge in [0.1, 0.15) is 11.8 Å². The Bertz CT molecular complexity index is 1060. The zero-order valence-electron chi connectivity index (χ0n) is 16.0. The number of rotatable bonds is 6. The molecule has 4 rings (SSSR count). The first kappa shape index (κ1) is 20.4. The van der Waals surface area contributed by atoms with Gasteiger partial charge >= 0.3 is 6.01 Å². The predicted molar refractivity (Wildman–Crippen MR) is 118 cm³/mol. The summed E-state index contributed by atoms with van der Waals surface area (Å²) < 4.78 is 6.11. The molecule has 1 aliphatic rings. The summed E-state index contributed by atoms with van der Waals surface area (Å²) in [7, 11) is 0. The topological polar surface area (TPSA) is 68.1 Å². The third-order valence-corrected chi connectivity index (χ3v) is 5.34. The molecule has 5 nitrogen and oxygen atoms in total. The number of hydrogen-bond acceptors (Lipinski definition) is 5. The maximum Gasteiger partial charge on any atom is 0.336 e. The lowest BCUT2D eigenvalue weighted by Crippen LogP contribution is -2.11. The number of aromatic nitrogens is 3. The fourth-order valence-corrected chi connectivity index (χ4v) is 3.71. The van der Waals surface area contributed by atoms with Crippen molar-refractivity contribution in [1.29, 1.82) is 0 Å². The number of phenolic OH excluding ortho intramolecular Hbond substituents is 1. The number of aromatic hydroxyl groups is 1. The van der Waals surface area contributed by atoms with Crippen LogP contribution in [-0.4, -0.2) is 20.3 Å². The molecule has 30 heavy (non-hydrogen) atoms. The molecule has 0 saturated carbocycles. The number of benzene rings is 2. The first-order chi connectivity index (χ1) is 14.6. The summed E-state index contributed by atoms with van der Waals surface area (Å²) in [6, 6.07) is 13.3. The van der Waals surface area contributed by atoms with Gasteiger partial charge in [-0.25, -0.2) is 4.98 Å². The standard InChI is InChI=1S/C23H19Cl2N3O2/c24-18-12-17(13-19(25)22(18)29)20-14-26-23(28-27-20)30-21(16-9-5-2-6-10-16)11-15-7-3-1-4-8-15/h2-3,5-10,12-14,21,29H,1,4,11H2. The zero-order valence-corrected chi connectivity index (χ0v) is 17.5. The van der Waals surface area contributed by atoms with Crippen LogP contribution in [0, 0.1) is 0 Å². The van der Waals surface area contributed by atoms with Gasteiger partial charge in [-0.2, -0.15) is 0 Å². The van der Waals surface area contributed by atoms with E-state index in [2.05, 4.69) is 33.4 Å². The molecule has 1 atom stereocenters. The van der Waals surface area contributed by atoms with E-state index in [1.807, 2.05) is 30.3 Å². The molecule has 0 bridgehead atoms. The van der Waals surface area contributed by atoms with Crippen molar-refractivity contribution in [3.63, 3.8) is 0 Å². The van der Waals surface area contributed by atoms with Crippen molar-refractivity contribution in [3.8, 4) is 23.0 Å². The summed E-state index contributed by atoms with van der Waals surface area (Å²) in [6.07, 6.45) is 10.7. The van der Waals surface area contributed by atoms with Crippen LogP contribution in [0.1, 0.15) is 30.9 Å². The monoisotopic (exact) mass is 439 g/mol. The Labute approximate surface area is 184 Å². The Morgan fingerprint density at radius 3 is 2.43 bits per heavy atom. The van der Waals surface area contributed by atoms with Crippen LogP contribution in [0.15, 0.2) is 72.5 Å². The van der Waals surface area contributed by atoms with Crippen LogP contribution in [0.4, 0.5) is 0 Å². The van der Waals surface area contributed by atoms with Crippen molar-refractivity contribution in [2.45, 2.75) is 25.4 Å². The lowest BCUT2D eigenvalue weighted by atomic mass is 9.97. The summed E-state index contributed by atoms with van der Waals surface area (Å²) in [5.74, 6) is -0.167. The van der Waals surface area contributed by atoms with Crippen LogP contribution >= 0.6 is 23.2 Å². The van der Waals surface area contributed by atoms with E-state index in [0.717, 1.165) is 24.8 Å². The van der Waals surface area contributed by atoms with E-state index in [1.165, 1.54) is 5.57 Å². The van der Waals surface area contributed by atoms with Crippen molar-refractivity contribution in [2.24, 2.45) is 0 Å². The molecule has 1 aliphatic carbocycles. The number of allylic oxidation sites excluding steroid dienone is 3. The zero-order chi connectivity index (χ0) is 20.9. The van der Waals surface area contributed by atoms with Gasteiger partial charge < -0.3 is 9.84 Å². The van der Waals surface area contributed by atoms with Crippen LogP contribution in [-0.2, 0) is 0 Å². The highest BCUT2D eigenvalue weighted by molar-refractivity contribution is 6.37. The van der Waals surface area contributed by atoms with Gasteiger partial charge in [-0.05, 0) is 36.1 Å². The van der Waals surface area contributed by atoms with Gasteiger partial charge in [0, 0.05) is 12.0 Å². The molecule has 0 saturated heterocycles. The minimum Gasteiger partial charge on any atom is -0.505 e. The number of phenols is 1. The number of nitrogens with zero attached hydrogens (tertiary/aromatic N) is 3. The highest BCUT2D eigenvalue weighted by Gasteiger charge is 2.18. The molecule has 152 valence electrons. The van der Waals surface area contributed by atoms with Crippen molar-refractivity contribution < 1.29 is 9.84 Å². The smallest absolute Gasteiger partial charge is 0.336 e. The molecule has 1 N–H and O–H groups in total. The van der Waals surface area contributed by atoms with E-state index >= 15 is 0 Å². The Morgan fingerprint density at radius 2 is 1.80 bits per heavy atom. The van der Waals surface area contributed by atoms with Crippen molar-refractivity contribution >= 4 is 23.2 Å². The Kier molecular flexibility index (Phi) is 6.31. The average Bonchev–Trinajstić information content (AvgIpc) is 2.78. The van der Waals surface area contributed by atoms with Crippen LogP contribution in [0.3, 0.4) is 0 Å². The minimum atomic E-state index is -0.231. The summed E-state index contributed by atoms with van der Waals surface area (Å²) in [5, 5.41) is 18.3. The first-order valence-corrected chi connectivity index (χ1v) is 10.3. The van der Waals surface area contributed by atoms with Crippen LogP contribution in [0.2, 0.25) is 10.0 Å². The number of halogens is 2. The van der Waals surface area contributed by atoms with E-state index < -0.39 is 0 Å². The average molecular weight is 440 g/mol. The highest BCUT2D eigenvalue weighted by Crippen LogP contribution is 2.36. The molecule has 7 heteroatoms. The molecule has 0 amide bonds. The first-order valence-electron chi connectivity index (χ1n) is 9.55. The lowest BCUT2D eigenvalue weighted by molar-refractivity contribution is 0.186.